The Bertz CT molecular complexity index is 652. The smallest absolute Gasteiger partial charge is 0.0651 e. The fourth-order valence-corrected chi connectivity index (χ4v) is 2.04. The number of anilines is 1. The van der Waals surface area contributed by atoms with Crippen LogP contribution >= 0.6 is 0 Å². The summed E-state index contributed by atoms with van der Waals surface area (Å²) in [6.45, 7) is 3.76. The van der Waals surface area contributed by atoms with Crippen molar-refractivity contribution in [3.63, 3.8) is 0 Å². The molecule has 0 aliphatic rings. The van der Waals surface area contributed by atoms with Gasteiger partial charge in [0.2, 0.25) is 0 Å². The van der Waals surface area contributed by atoms with Crippen LogP contribution < -0.4 is 5.32 Å². The molecule has 0 atom stereocenters. The van der Waals surface area contributed by atoms with Gasteiger partial charge >= 0.3 is 0 Å². The van der Waals surface area contributed by atoms with E-state index >= 15 is 0 Å². The summed E-state index contributed by atoms with van der Waals surface area (Å²) in [4.78, 5) is 0. The van der Waals surface area contributed by atoms with Crippen LogP contribution in [0.3, 0.4) is 0 Å². The topological polar surface area (TPSA) is 58.5 Å². The van der Waals surface area contributed by atoms with Gasteiger partial charge in [-0.15, -0.1) is 0 Å². The first-order valence-electron chi connectivity index (χ1n) is 6.04. The van der Waals surface area contributed by atoms with Crippen LogP contribution in [0.25, 0.3) is 10.9 Å². The molecule has 0 fully saturated rings. The summed E-state index contributed by atoms with van der Waals surface area (Å²) in [5, 5.41) is 15.7. The molecule has 0 aliphatic heterocycles. The third kappa shape index (κ3) is 1.95. The highest BCUT2D eigenvalue weighted by Gasteiger charge is 2.01. The standard InChI is InChI=1S/C13H15N5/c1-2-18-12(5-6-16-18)9-14-11-3-4-13-10(7-11)8-15-17-13/h3-8,14H,2,9H2,1H3,(H,15,17). The summed E-state index contributed by atoms with van der Waals surface area (Å²) >= 11 is 0. The minimum Gasteiger partial charge on any atom is -0.379 e. The van der Waals surface area contributed by atoms with Crippen LogP contribution in [0.4, 0.5) is 5.69 Å². The molecule has 0 radical (unpaired) electrons. The Hall–Kier alpha value is -2.30. The maximum atomic E-state index is 4.25. The first kappa shape index (κ1) is 10.8. The van der Waals surface area contributed by atoms with Crippen molar-refractivity contribution >= 4 is 16.6 Å². The van der Waals surface area contributed by atoms with Gasteiger partial charge in [-0.2, -0.15) is 10.2 Å². The first-order valence-corrected chi connectivity index (χ1v) is 6.04. The molecule has 3 aromatic rings. The molecule has 0 bridgehead atoms. The van der Waals surface area contributed by atoms with Crippen molar-refractivity contribution in [1.82, 2.24) is 20.0 Å². The summed E-state index contributed by atoms with van der Waals surface area (Å²) < 4.78 is 1.99. The van der Waals surface area contributed by atoms with E-state index in [1.54, 1.807) is 0 Å². The number of aromatic amines is 1. The van der Waals surface area contributed by atoms with Gasteiger partial charge in [-0.3, -0.25) is 9.78 Å². The summed E-state index contributed by atoms with van der Waals surface area (Å²) in [7, 11) is 0. The fourth-order valence-electron chi connectivity index (χ4n) is 2.04. The molecule has 2 N–H and O–H groups in total. The summed E-state index contributed by atoms with van der Waals surface area (Å²) in [5.74, 6) is 0. The molecule has 92 valence electrons. The number of benzene rings is 1. The number of aromatic nitrogens is 4. The van der Waals surface area contributed by atoms with Crippen molar-refractivity contribution in [3.8, 4) is 0 Å². The van der Waals surface area contributed by atoms with E-state index in [2.05, 4.69) is 33.6 Å². The van der Waals surface area contributed by atoms with Gasteiger partial charge in [0.25, 0.3) is 0 Å². The third-order valence-electron chi connectivity index (χ3n) is 3.02. The Morgan fingerprint density at radius 2 is 2.28 bits per heavy atom. The van der Waals surface area contributed by atoms with Crippen LogP contribution in [0.15, 0.2) is 36.7 Å². The largest absolute Gasteiger partial charge is 0.379 e. The molecule has 1 aromatic carbocycles. The zero-order valence-corrected chi connectivity index (χ0v) is 10.2. The molecule has 2 aromatic heterocycles. The fraction of sp³-hybridized carbons (Fsp3) is 0.231. The summed E-state index contributed by atoms with van der Waals surface area (Å²) in [6, 6.07) is 8.20. The van der Waals surface area contributed by atoms with E-state index in [-0.39, 0.29) is 0 Å². The predicted molar refractivity (Wildman–Crippen MR) is 71.3 cm³/mol. The molecular weight excluding hydrogens is 226 g/mol. The number of rotatable bonds is 4. The Morgan fingerprint density at radius 3 is 3.17 bits per heavy atom. The van der Waals surface area contributed by atoms with E-state index in [1.165, 1.54) is 5.69 Å². The number of fused-ring (bicyclic) bond motifs is 1. The van der Waals surface area contributed by atoms with E-state index in [0.29, 0.717) is 0 Å². The molecule has 5 nitrogen and oxygen atoms in total. The number of hydrogen-bond donors (Lipinski definition) is 2. The quantitative estimate of drug-likeness (QED) is 0.737. The molecule has 0 saturated carbocycles. The lowest BCUT2D eigenvalue weighted by molar-refractivity contribution is 0.627. The number of hydrogen-bond acceptors (Lipinski definition) is 3. The zero-order valence-electron chi connectivity index (χ0n) is 10.2. The highest BCUT2D eigenvalue weighted by molar-refractivity contribution is 5.81. The van der Waals surface area contributed by atoms with Crippen LogP contribution in [0.1, 0.15) is 12.6 Å². The van der Waals surface area contributed by atoms with Crippen LogP contribution in [0, 0.1) is 0 Å². The van der Waals surface area contributed by atoms with Crippen LogP contribution in [0.2, 0.25) is 0 Å². The van der Waals surface area contributed by atoms with Crippen molar-refractivity contribution in [2.75, 3.05) is 5.32 Å². The number of aryl methyl sites for hydroxylation is 1. The highest BCUT2D eigenvalue weighted by atomic mass is 15.3. The maximum Gasteiger partial charge on any atom is 0.0651 e. The van der Waals surface area contributed by atoms with Gasteiger partial charge in [-0.25, -0.2) is 0 Å². The van der Waals surface area contributed by atoms with Crippen molar-refractivity contribution in [2.45, 2.75) is 20.0 Å². The predicted octanol–water partition coefficient (Wildman–Crippen LogP) is 2.39. The zero-order chi connectivity index (χ0) is 12.4. The van der Waals surface area contributed by atoms with E-state index < -0.39 is 0 Å². The molecule has 0 amide bonds. The van der Waals surface area contributed by atoms with Crippen molar-refractivity contribution in [1.29, 1.82) is 0 Å². The van der Waals surface area contributed by atoms with Gasteiger partial charge in [0, 0.05) is 23.8 Å². The van der Waals surface area contributed by atoms with Crippen LogP contribution in [-0.4, -0.2) is 20.0 Å². The number of nitrogens with one attached hydrogen (secondary N) is 2. The molecule has 0 spiro atoms. The van der Waals surface area contributed by atoms with Crippen molar-refractivity contribution < 1.29 is 0 Å². The molecule has 0 saturated heterocycles. The maximum absolute atomic E-state index is 4.25. The molecule has 2 heterocycles. The molecule has 5 heteroatoms. The van der Waals surface area contributed by atoms with E-state index in [4.69, 9.17) is 0 Å². The van der Waals surface area contributed by atoms with Gasteiger partial charge in [0.05, 0.1) is 24.0 Å². The van der Waals surface area contributed by atoms with Crippen LogP contribution in [-0.2, 0) is 13.1 Å². The average molecular weight is 241 g/mol. The van der Waals surface area contributed by atoms with Crippen LogP contribution in [0.5, 0.6) is 0 Å². The van der Waals surface area contributed by atoms with Crippen molar-refractivity contribution in [2.24, 2.45) is 0 Å². The highest BCUT2D eigenvalue weighted by Crippen LogP contribution is 2.17. The second kappa shape index (κ2) is 4.52. The lowest BCUT2D eigenvalue weighted by atomic mass is 10.2. The Balaban J connectivity index is 1.76. The summed E-state index contributed by atoms with van der Waals surface area (Å²) in [6.07, 6.45) is 3.66. The molecule has 3 rings (SSSR count). The first-order chi connectivity index (χ1) is 8.86. The third-order valence-corrected chi connectivity index (χ3v) is 3.02. The molecule has 0 unspecified atom stereocenters. The number of nitrogens with zero attached hydrogens (tertiary/aromatic N) is 3. The second-order valence-corrected chi connectivity index (χ2v) is 4.16. The minimum absolute atomic E-state index is 0.775. The van der Waals surface area contributed by atoms with E-state index in [0.717, 1.165) is 29.7 Å². The second-order valence-electron chi connectivity index (χ2n) is 4.16. The lowest BCUT2D eigenvalue weighted by Crippen LogP contribution is -2.07. The van der Waals surface area contributed by atoms with Gasteiger partial charge in [-0.05, 0) is 31.2 Å². The van der Waals surface area contributed by atoms with E-state index in [9.17, 15) is 0 Å². The summed E-state index contributed by atoms with van der Waals surface area (Å²) in [5.41, 5.74) is 3.33. The minimum atomic E-state index is 0.775. The number of H-pyrrole nitrogens is 1. The molecule has 0 aliphatic carbocycles. The van der Waals surface area contributed by atoms with Gasteiger partial charge < -0.3 is 5.32 Å². The normalized spacial score (nSPS) is 10.9. The van der Waals surface area contributed by atoms with Crippen molar-refractivity contribution in [3.05, 3.63) is 42.4 Å². The molecule has 18 heavy (non-hydrogen) atoms. The van der Waals surface area contributed by atoms with Gasteiger partial charge in [-0.1, -0.05) is 0 Å². The Morgan fingerprint density at radius 1 is 1.33 bits per heavy atom. The van der Waals surface area contributed by atoms with Gasteiger partial charge in [0.15, 0.2) is 0 Å². The Labute approximate surface area is 105 Å². The average Bonchev–Trinajstić information content (AvgIpc) is 3.04. The van der Waals surface area contributed by atoms with E-state index in [1.807, 2.05) is 35.3 Å². The Kier molecular flexibility index (Phi) is 2.72. The molecular formula is C13H15N5. The monoisotopic (exact) mass is 241 g/mol. The lowest BCUT2D eigenvalue weighted by Gasteiger charge is -2.08. The van der Waals surface area contributed by atoms with Gasteiger partial charge in [0.1, 0.15) is 0 Å². The SMILES string of the molecule is CCn1nccc1CNc1ccc2[nH]ncc2c1.